The third-order valence-corrected chi connectivity index (χ3v) is 1.10. The topological polar surface area (TPSA) is 85.2 Å². The molecule has 0 aromatic carbocycles. The fourth-order valence-electron chi connectivity index (χ4n) is 0.490. The third-order valence-electron chi connectivity index (χ3n) is 1.10. The maximum absolute atomic E-state index is 10.9. The van der Waals surface area contributed by atoms with Crippen molar-refractivity contribution in [2.24, 2.45) is 9.98 Å². The summed E-state index contributed by atoms with van der Waals surface area (Å²) in [7, 11) is 0. The van der Waals surface area contributed by atoms with Crippen LogP contribution in [0.5, 0.6) is 0 Å². The number of carbonyl (C=O) groups excluding carboxylic acids is 3. The first-order valence-corrected chi connectivity index (χ1v) is 3.49. The first kappa shape index (κ1) is 11.2. The molecule has 13 heavy (non-hydrogen) atoms. The molecule has 0 aliphatic carbocycles. The maximum atomic E-state index is 10.9. The van der Waals surface area contributed by atoms with E-state index in [1.807, 2.05) is 0 Å². The van der Waals surface area contributed by atoms with Gasteiger partial charge in [-0.05, 0) is 6.92 Å². The van der Waals surface area contributed by atoms with Crippen molar-refractivity contribution in [1.29, 1.82) is 0 Å². The Balaban J connectivity index is 3.73. The minimum absolute atomic E-state index is 0.0210. The molecule has 70 valence electrons. The van der Waals surface area contributed by atoms with Crippen LogP contribution in [0.25, 0.3) is 0 Å². The lowest BCUT2D eigenvalue weighted by Crippen LogP contribution is -2.19. The van der Waals surface area contributed by atoms with Gasteiger partial charge in [-0.1, -0.05) is 0 Å². The molecule has 1 atom stereocenters. The van der Waals surface area contributed by atoms with Crippen LogP contribution in [0.15, 0.2) is 9.98 Å². The van der Waals surface area contributed by atoms with E-state index in [4.69, 9.17) is 0 Å². The summed E-state index contributed by atoms with van der Waals surface area (Å²) in [5, 5.41) is 0. The van der Waals surface area contributed by atoms with Gasteiger partial charge < -0.3 is 4.74 Å². The van der Waals surface area contributed by atoms with E-state index >= 15 is 0 Å². The highest BCUT2D eigenvalue weighted by molar-refractivity contribution is 5.76. The Morgan fingerprint density at radius 1 is 1.46 bits per heavy atom. The molecule has 0 saturated heterocycles. The van der Waals surface area contributed by atoms with Crippen LogP contribution < -0.4 is 0 Å². The molecule has 6 heteroatoms. The van der Waals surface area contributed by atoms with Gasteiger partial charge in [0.2, 0.25) is 12.2 Å². The maximum Gasteiger partial charge on any atom is 0.331 e. The minimum atomic E-state index is -0.863. The standard InChI is InChI=1S/C7H8N2O4/c1-6(9-5-11)7(12)13-3-2-8-4-10/h6H,2-3H2,1H3. The SMILES string of the molecule is CC(N=C=O)C(=O)OCCN=C=O. The second kappa shape index (κ2) is 6.91. The van der Waals surface area contributed by atoms with Crippen LogP contribution in [-0.2, 0) is 19.1 Å². The van der Waals surface area contributed by atoms with Crippen molar-refractivity contribution in [2.45, 2.75) is 13.0 Å². The monoisotopic (exact) mass is 184 g/mol. The molecule has 0 aliphatic heterocycles. The van der Waals surface area contributed by atoms with Crippen molar-refractivity contribution in [3.8, 4) is 0 Å². The van der Waals surface area contributed by atoms with Gasteiger partial charge in [-0.25, -0.2) is 19.4 Å². The van der Waals surface area contributed by atoms with Gasteiger partial charge in [-0.3, -0.25) is 0 Å². The highest BCUT2D eigenvalue weighted by atomic mass is 16.5. The van der Waals surface area contributed by atoms with Crippen LogP contribution in [0.2, 0.25) is 0 Å². The smallest absolute Gasteiger partial charge is 0.331 e. The first-order chi connectivity index (χ1) is 6.22. The summed E-state index contributed by atoms with van der Waals surface area (Å²) in [5.74, 6) is -0.649. The molecular weight excluding hydrogens is 176 g/mol. The van der Waals surface area contributed by atoms with E-state index in [1.165, 1.54) is 19.1 Å². The fraction of sp³-hybridized carbons (Fsp3) is 0.571. The van der Waals surface area contributed by atoms with Crippen LogP contribution in [0.4, 0.5) is 0 Å². The fourth-order valence-corrected chi connectivity index (χ4v) is 0.490. The van der Waals surface area contributed by atoms with Crippen molar-refractivity contribution in [3.63, 3.8) is 0 Å². The quantitative estimate of drug-likeness (QED) is 0.251. The Labute approximate surface area is 74.3 Å². The third kappa shape index (κ3) is 5.49. The van der Waals surface area contributed by atoms with Gasteiger partial charge in [0.25, 0.3) is 0 Å². The number of isocyanates is 2. The van der Waals surface area contributed by atoms with E-state index in [-0.39, 0.29) is 13.2 Å². The number of hydrogen-bond acceptors (Lipinski definition) is 6. The number of ether oxygens (including phenoxy) is 1. The van der Waals surface area contributed by atoms with Gasteiger partial charge in [-0.2, -0.15) is 4.99 Å². The zero-order chi connectivity index (χ0) is 10.1. The molecular formula is C7H8N2O4. The predicted molar refractivity (Wildman–Crippen MR) is 41.5 cm³/mol. The molecule has 0 rings (SSSR count). The summed E-state index contributed by atoms with van der Waals surface area (Å²) in [6.45, 7) is 1.44. The van der Waals surface area contributed by atoms with Crippen molar-refractivity contribution < 1.29 is 19.1 Å². The molecule has 0 radical (unpaired) electrons. The molecule has 0 aromatic heterocycles. The predicted octanol–water partition coefficient (Wildman–Crippen LogP) is -0.410. The van der Waals surface area contributed by atoms with Crippen LogP contribution >= 0.6 is 0 Å². The van der Waals surface area contributed by atoms with Gasteiger partial charge in [0, 0.05) is 0 Å². The van der Waals surface area contributed by atoms with Crippen LogP contribution in [0.3, 0.4) is 0 Å². The second-order valence-electron chi connectivity index (χ2n) is 2.04. The lowest BCUT2D eigenvalue weighted by molar-refractivity contribution is -0.144. The van der Waals surface area contributed by atoms with E-state index in [9.17, 15) is 14.4 Å². The Hall–Kier alpha value is -1.77. The van der Waals surface area contributed by atoms with Crippen LogP contribution in [0, 0.1) is 0 Å². The number of nitrogens with zero attached hydrogens (tertiary/aromatic N) is 2. The number of aliphatic imine (C=N–C) groups is 2. The van der Waals surface area contributed by atoms with E-state index in [0.29, 0.717) is 0 Å². The minimum Gasteiger partial charge on any atom is -0.462 e. The summed E-state index contributed by atoms with van der Waals surface area (Å²) < 4.78 is 4.57. The Bertz CT molecular complexity index is 264. The largest absolute Gasteiger partial charge is 0.462 e. The van der Waals surface area contributed by atoms with E-state index in [2.05, 4.69) is 14.7 Å². The normalized spacial score (nSPS) is 10.5. The summed E-state index contributed by atoms with van der Waals surface area (Å²) in [5.41, 5.74) is 0. The molecule has 0 aliphatic rings. The molecule has 0 N–H and O–H groups in total. The molecule has 0 amide bonds. The number of rotatable bonds is 5. The van der Waals surface area contributed by atoms with Gasteiger partial charge >= 0.3 is 5.97 Å². The van der Waals surface area contributed by atoms with E-state index < -0.39 is 12.0 Å². The van der Waals surface area contributed by atoms with Gasteiger partial charge in [0.15, 0.2) is 6.04 Å². The number of esters is 1. The molecule has 0 bridgehead atoms. The molecule has 0 saturated carbocycles. The lowest BCUT2D eigenvalue weighted by atomic mass is 10.4. The highest BCUT2D eigenvalue weighted by Crippen LogP contribution is 1.91. The average Bonchev–Trinajstić information content (AvgIpc) is 2.12. The van der Waals surface area contributed by atoms with Crippen molar-refractivity contribution >= 4 is 18.1 Å². The molecule has 0 aromatic rings. The highest BCUT2D eigenvalue weighted by Gasteiger charge is 2.11. The summed E-state index contributed by atoms with van der Waals surface area (Å²) in [6.07, 6.45) is 2.53. The molecule has 6 nitrogen and oxygen atoms in total. The van der Waals surface area contributed by atoms with Gasteiger partial charge in [0.1, 0.15) is 6.61 Å². The van der Waals surface area contributed by atoms with Crippen LogP contribution in [-0.4, -0.2) is 37.3 Å². The average molecular weight is 184 g/mol. The zero-order valence-corrected chi connectivity index (χ0v) is 7.02. The first-order valence-electron chi connectivity index (χ1n) is 3.49. The number of carbonyl (C=O) groups is 1. The number of hydrogen-bond donors (Lipinski definition) is 0. The van der Waals surface area contributed by atoms with Crippen molar-refractivity contribution in [2.75, 3.05) is 13.2 Å². The lowest BCUT2D eigenvalue weighted by Gasteiger charge is -2.03. The molecule has 0 spiro atoms. The summed E-state index contributed by atoms with van der Waals surface area (Å²) >= 11 is 0. The second-order valence-corrected chi connectivity index (χ2v) is 2.04. The van der Waals surface area contributed by atoms with E-state index in [0.717, 1.165) is 0 Å². The molecule has 1 unspecified atom stereocenters. The zero-order valence-electron chi connectivity index (χ0n) is 7.02. The Morgan fingerprint density at radius 2 is 2.15 bits per heavy atom. The summed E-state index contributed by atoms with van der Waals surface area (Å²) in [6, 6.07) is -0.863. The van der Waals surface area contributed by atoms with Crippen LogP contribution in [0.1, 0.15) is 6.92 Å². The molecule has 0 heterocycles. The summed E-state index contributed by atoms with van der Waals surface area (Å²) in [4.78, 5) is 36.5. The Kier molecular flexibility index (Phi) is 5.97. The van der Waals surface area contributed by atoms with Gasteiger partial charge in [0.05, 0.1) is 6.54 Å². The van der Waals surface area contributed by atoms with E-state index in [1.54, 1.807) is 0 Å². The van der Waals surface area contributed by atoms with Gasteiger partial charge in [-0.15, -0.1) is 0 Å². The molecule has 0 fully saturated rings. The van der Waals surface area contributed by atoms with Crippen molar-refractivity contribution in [3.05, 3.63) is 0 Å². The van der Waals surface area contributed by atoms with Crippen molar-refractivity contribution in [1.82, 2.24) is 0 Å². The Morgan fingerprint density at radius 3 is 2.69 bits per heavy atom.